The van der Waals surface area contributed by atoms with Crippen LogP contribution >= 0.6 is 0 Å². The molecule has 3 aromatic rings. The number of aromatic hydroxyl groups is 1. The van der Waals surface area contributed by atoms with Gasteiger partial charge in [0.25, 0.3) is 0 Å². The minimum atomic E-state index is -0.854. The minimum absolute atomic E-state index is 0.0108. The molecule has 2 aromatic carbocycles. The van der Waals surface area contributed by atoms with Crippen molar-refractivity contribution in [2.24, 2.45) is 0 Å². The van der Waals surface area contributed by atoms with Gasteiger partial charge >= 0.3 is 5.97 Å². The van der Waals surface area contributed by atoms with E-state index >= 15 is 0 Å². The summed E-state index contributed by atoms with van der Waals surface area (Å²) in [6.45, 7) is 6.41. The van der Waals surface area contributed by atoms with Crippen molar-refractivity contribution in [1.82, 2.24) is 15.0 Å². The van der Waals surface area contributed by atoms with E-state index < -0.39 is 5.97 Å². The largest absolute Gasteiger partial charge is 0.506 e. The van der Waals surface area contributed by atoms with Gasteiger partial charge in [-0.2, -0.15) is 0 Å². The molecule has 0 aliphatic heterocycles. The van der Waals surface area contributed by atoms with Crippen molar-refractivity contribution >= 4 is 17.0 Å². The van der Waals surface area contributed by atoms with Crippen LogP contribution in [0.2, 0.25) is 0 Å². The number of phenolic OH excluding ortho intramolecular Hbond substituents is 1. The van der Waals surface area contributed by atoms with Crippen molar-refractivity contribution in [2.75, 3.05) is 0 Å². The number of hydrogen-bond acceptors (Lipinski definition) is 4. The monoisotopic (exact) mass is 339 g/mol. The number of carboxylic acids is 1. The average molecular weight is 339 g/mol. The summed E-state index contributed by atoms with van der Waals surface area (Å²) < 4.78 is 0. The number of benzene rings is 2. The van der Waals surface area contributed by atoms with Gasteiger partial charge in [-0.3, -0.25) is 4.79 Å². The molecule has 2 N–H and O–H groups in total. The van der Waals surface area contributed by atoms with Gasteiger partial charge in [-0.25, -0.2) is 0 Å². The summed E-state index contributed by atoms with van der Waals surface area (Å²) in [5, 5.41) is 27.9. The molecule has 0 spiro atoms. The Labute approximate surface area is 145 Å². The van der Waals surface area contributed by atoms with Crippen LogP contribution in [0, 0.1) is 0 Å². The zero-order chi connectivity index (χ0) is 18.2. The molecule has 1 aromatic heterocycles. The van der Waals surface area contributed by atoms with Gasteiger partial charge in [0.15, 0.2) is 0 Å². The molecule has 0 aliphatic carbocycles. The Morgan fingerprint density at radius 2 is 1.80 bits per heavy atom. The highest BCUT2D eigenvalue weighted by Crippen LogP contribution is 2.27. The number of phenols is 1. The maximum absolute atomic E-state index is 10.7. The highest BCUT2D eigenvalue weighted by Gasteiger charge is 2.16. The molecule has 25 heavy (non-hydrogen) atoms. The van der Waals surface area contributed by atoms with E-state index in [0.717, 1.165) is 22.2 Å². The Kier molecular flexibility index (Phi) is 4.20. The fraction of sp³-hybridized carbons (Fsp3) is 0.316. The Hall–Kier alpha value is -2.89. The van der Waals surface area contributed by atoms with Crippen LogP contribution in [0.4, 0.5) is 0 Å². The second-order valence-corrected chi connectivity index (χ2v) is 7.16. The summed E-state index contributed by atoms with van der Waals surface area (Å²) in [5.74, 6) is -0.803. The second-order valence-electron chi connectivity index (χ2n) is 7.16. The van der Waals surface area contributed by atoms with Crippen LogP contribution < -0.4 is 0 Å². The van der Waals surface area contributed by atoms with E-state index in [1.54, 1.807) is 18.2 Å². The molecule has 6 nitrogen and oxygen atoms in total. The predicted octanol–water partition coefficient (Wildman–Crippen LogP) is 3.44. The molecule has 3 rings (SSSR count). The number of carbonyl (C=O) groups is 1. The molecule has 0 aliphatic rings. The first-order valence-corrected chi connectivity index (χ1v) is 8.16. The summed E-state index contributed by atoms with van der Waals surface area (Å²) in [7, 11) is 0. The van der Waals surface area contributed by atoms with Gasteiger partial charge < -0.3 is 10.2 Å². The van der Waals surface area contributed by atoms with Crippen molar-refractivity contribution in [3.63, 3.8) is 0 Å². The first kappa shape index (κ1) is 17.0. The predicted molar refractivity (Wildman–Crippen MR) is 95.2 cm³/mol. The number of aliphatic carboxylic acids is 1. The van der Waals surface area contributed by atoms with Crippen LogP contribution in [-0.4, -0.2) is 31.2 Å². The van der Waals surface area contributed by atoms with Gasteiger partial charge in [0.2, 0.25) is 0 Å². The first-order chi connectivity index (χ1) is 11.7. The van der Waals surface area contributed by atoms with Gasteiger partial charge in [-0.05, 0) is 47.2 Å². The summed E-state index contributed by atoms with van der Waals surface area (Å²) in [6.07, 6.45) is 0.422. The van der Waals surface area contributed by atoms with E-state index in [0.29, 0.717) is 12.1 Å². The second kappa shape index (κ2) is 6.20. The number of aryl methyl sites for hydroxylation is 1. The zero-order valence-corrected chi connectivity index (χ0v) is 14.5. The van der Waals surface area contributed by atoms with Gasteiger partial charge in [-0.15, -0.1) is 15.0 Å². The maximum atomic E-state index is 10.7. The number of aromatic nitrogens is 3. The number of fused-ring (bicyclic) bond motifs is 1. The topological polar surface area (TPSA) is 88.2 Å². The Morgan fingerprint density at radius 1 is 1.08 bits per heavy atom. The smallest absolute Gasteiger partial charge is 0.303 e. The molecule has 0 saturated carbocycles. The lowest BCUT2D eigenvalue weighted by molar-refractivity contribution is -0.136. The van der Waals surface area contributed by atoms with E-state index in [2.05, 4.69) is 31.0 Å². The Morgan fingerprint density at radius 3 is 2.48 bits per heavy atom. The number of carboxylic acid groups (broad SMARTS) is 1. The zero-order valence-electron chi connectivity index (χ0n) is 14.5. The molecule has 0 unspecified atom stereocenters. The van der Waals surface area contributed by atoms with Crippen molar-refractivity contribution in [3.05, 3.63) is 47.5 Å². The highest BCUT2D eigenvalue weighted by molar-refractivity contribution is 5.75. The minimum Gasteiger partial charge on any atom is -0.506 e. The SMILES string of the molecule is CC(C)(C)c1ccc2nn(-c3cc(CCC(=O)O)ccc3O)nc2c1. The molecule has 0 amide bonds. The van der Waals surface area contributed by atoms with Crippen molar-refractivity contribution in [2.45, 2.75) is 39.0 Å². The van der Waals surface area contributed by atoms with E-state index in [-0.39, 0.29) is 17.6 Å². The van der Waals surface area contributed by atoms with E-state index in [1.165, 1.54) is 4.80 Å². The van der Waals surface area contributed by atoms with Crippen LogP contribution in [-0.2, 0) is 16.6 Å². The standard InChI is InChI=1S/C19H21N3O3/c1-19(2,3)13-6-7-14-15(11-13)21-22(20-14)16-10-12(4-8-17(16)23)5-9-18(24)25/h4,6-8,10-11,23H,5,9H2,1-3H3,(H,24,25). The third kappa shape index (κ3) is 3.63. The van der Waals surface area contributed by atoms with Gasteiger partial charge in [0, 0.05) is 6.42 Å². The van der Waals surface area contributed by atoms with E-state index in [1.807, 2.05) is 18.2 Å². The van der Waals surface area contributed by atoms with Crippen LogP contribution in [0.1, 0.15) is 38.3 Å². The molecule has 130 valence electrons. The van der Waals surface area contributed by atoms with E-state index in [4.69, 9.17) is 5.11 Å². The van der Waals surface area contributed by atoms with Gasteiger partial charge in [-0.1, -0.05) is 32.9 Å². The molecule has 6 heteroatoms. The molecule has 0 fully saturated rings. The van der Waals surface area contributed by atoms with Crippen LogP contribution in [0.15, 0.2) is 36.4 Å². The number of rotatable bonds is 4. The Bertz CT molecular complexity index is 939. The van der Waals surface area contributed by atoms with Crippen LogP contribution in [0.3, 0.4) is 0 Å². The summed E-state index contributed by atoms with van der Waals surface area (Å²) in [5.41, 5.74) is 3.91. The third-order valence-electron chi connectivity index (χ3n) is 4.13. The Balaban J connectivity index is 2.01. The molecule has 0 radical (unpaired) electrons. The summed E-state index contributed by atoms with van der Waals surface area (Å²) in [6, 6.07) is 10.9. The number of nitrogens with zero attached hydrogens (tertiary/aromatic N) is 3. The lowest BCUT2D eigenvalue weighted by Crippen LogP contribution is -2.10. The average Bonchev–Trinajstić information content (AvgIpc) is 2.96. The normalized spacial score (nSPS) is 11.8. The summed E-state index contributed by atoms with van der Waals surface area (Å²) >= 11 is 0. The lowest BCUT2D eigenvalue weighted by atomic mass is 9.87. The first-order valence-electron chi connectivity index (χ1n) is 8.16. The van der Waals surface area contributed by atoms with Crippen LogP contribution in [0.5, 0.6) is 5.75 Å². The highest BCUT2D eigenvalue weighted by atomic mass is 16.4. The van der Waals surface area contributed by atoms with Crippen molar-refractivity contribution in [1.29, 1.82) is 0 Å². The molecular formula is C19H21N3O3. The van der Waals surface area contributed by atoms with Gasteiger partial charge in [0.1, 0.15) is 22.5 Å². The summed E-state index contributed by atoms with van der Waals surface area (Å²) in [4.78, 5) is 12.1. The fourth-order valence-corrected chi connectivity index (χ4v) is 2.62. The lowest BCUT2D eigenvalue weighted by Gasteiger charge is -2.18. The van der Waals surface area contributed by atoms with Crippen LogP contribution in [0.25, 0.3) is 16.7 Å². The van der Waals surface area contributed by atoms with Gasteiger partial charge in [0.05, 0.1) is 0 Å². The fourth-order valence-electron chi connectivity index (χ4n) is 2.62. The molecule has 0 bridgehead atoms. The quantitative estimate of drug-likeness (QED) is 0.760. The van der Waals surface area contributed by atoms with Crippen molar-refractivity contribution in [3.8, 4) is 11.4 Å². The molecule has 1 heterocycles. The molecule has 0 saturated heterocycles. The van der Waals surface area contributed by atoms with Crippen molar-refractivity contribution < 1.29 is 15.0 Å². The molecule has 0 atom stereocenters. The molecular weight excluding hydrogens is 318 g/mol. The maximum Gasteiger partial charge on any atom is 0.303 e. The van der Waals surface area contributed by atoms with E-state index in [9.17, 15) is 9.90 Å². The third-order valence-corrected chi connectivity index (χ3v) is 4.13. The number of hydrogen-bond donors (Lipinski definition) is 2.